The van der Waals surface area contributed by atoms with Gasteiger partial charge < -0.3 is 5.32 Å². The lowest BCUT2D eigenvalue weighted by atomic mass is 10.2. The number of halogens is 1. The summed E-state index contributed by atoms with van der Waals surface area (Å²) in [6, 6.07) is 8.91. The van der Waals surface area contributed by atoms with Gasteiger partial charge in [0.15, 0.2) is 0 Å². The minimum absolute atomic E-state index is 0.0946. The number of aryl methyl sites for hydroxylation is 1. The number of hydrogen-bond acceptors (Lipinski definition) is 4. The minimum atomic E-state index is -3.31. The van der Waals surface area contributed by atoms with Gasteiger partial charge in [-0.1, -0.05) is 17.7 Å². The first-order valence-electron chi connectivity index (χ1n) is 8.08. The Balaban J connectivity index is 1.66. The van der Waals surface area contributed by atoms with Crippen LogP contribution in [-0.2, 0) is 21.2 Å². The lowest BCUT2D eigenvalue weighted by Crippen LogP contribution is -2.38. The summed E-state index contributed by atoms with van der Waals surface area (Å²) in [5.41, 5.74) is 1.04. The molecule has 1 saturated heterocycles. The molecule has 0 aliphatic carbocycles. The van der Waals surface area contributed by atoms with E-state index in [1.165, 1.54) is 9.18 Å². The molecule has 0 saturated carbocycles. The molecule has 0 atom stereocenters. The second kappa shape index (κ2) is 7.76. The molecule has 1 aromatic heterocycles. The minimum Gasteiger partial charge on any atom is -0.326 e. The van der Waals surface area contributed by atoms with Gasteiger partial charge >= 0.3 is 0 Å². The largest absolute Gasteiger partial charge is 0.326 e. The second-order valence-electron chi connectivity index (χ2n) is 5.89. The third-order valence-corrected chi connectivity index (χ3v) is 7.12. The van der Waals surface area contributed by atoms with Crippen molar-refractivity contribution in [3.8, 4) is 0 Å². The highest BCUT2D eigenvalue weighted by molar-refractivity contribution is 7.92. The van der Waals surface area contributed by atoms with E-state index in [0.717, 1.165) is 6.42 Å². The molecule has 5 nitrogen and oxygen atoms in total. The van der Waals surface area contributed by atoms with Gasteiger partial charge in [0.25, 0.3) is 0 Å². The van der Waals surface area contributed by atoms with E-state index in [-0.39, 0.29) is 11.7 Å². The van der Waals surface area contributed by atoms with E-state index in [1.807, 2.05) is 17.5 Å². The Morgan fingerprint density at radius 1 is 1.28 bits per heavy atom. The van der Waals surface area contributed by atoms with Crippen molar-refractivity contribution in [1.29, 1.82) is 0 Å². The Labute approximate surface area is 156 Å². The fraction of sp³-hybridized carbons (Fsp3) is 0.353. The number of carbonyl (C=O) groups excluding carboxylic acids is 1. The normalized spacial score (nSPS) is 16.6. The molecule has 1 aliphatic heterocycles. The van der Waals surface area contributed by atoms with Crippen LogP contribution in [0.3, 0.4) is 0 Å². The van der Waals surface area contributed by atoms with E-state index in [2.05, 4.69) is 5.32 Å². The van der Waals surface area contributed by atoms with Gasteiger partial charge in [-0.3, -0.25) is 9.10 Å². The number of nitrogens with one attached hydrogen (secondary N) is 1. The molecule has 8 heteroatoms. The van der Waals surface area contributed by atoms with E-state index >= 15 is 0 Å². The number of rotatable bonds is 5. The van der Waals surface area contributed by atoms with Crippen LogP contribution in [0, 0.1) is 0 Å². The first-order chi connectivity index (χ1) is 12.0. The molecular formula is C17H19ClN2O3S2. The zero-order valence-electron chi connectivity index (χ0n) is 13.6. The lowest BCUT2D eigenvalue weighted by molar-refractivity contribution is -0.116. The second-order valence-corrected chi connectivity index (χ2v) is 9.34. The number of nitrogens with zero attached hydrogens (tertiary/aromatic N) is 1. The highest BCUT2D eigenvalue weighted by Crippen LogP contribution is 2.32. The molecule has 25 heavy (non-hydrogen) atoms. The Hall–Kier alpha value is -1.57. The summed E-state index contributed by atoms with van der Waals surface area (Å²) < 4.78 is 25.7. The number of amides is 1. The summed E-state index contributed by atoms with van der Waals surface area (Å²) in [7, 11) is -3.31. The quantitative estimate of drug-likeness (QED) is 0.830. The topological polar surface area (TPSA) is 66.5 Å². The average molecular weight is 399 g/mol. The first-order valence-corrected chi connectivity index (χ1v) is 10.9. The van der Waals surface area contributed by atoms with Crippen molar-refractivity contribution in [3.63, 3.8) is 0 Å². The van der Waals surface area contributed by atoms with Crippen LogP contribution in [0.2, 0.25) is 5.02 Å². The molecule has 0 unspecified atom stereocenters. The third-order valence-electron chi connectivity index (χ3n) is 4.03. The van der Waals surface area contributed by atoms with Crippen LogP contribution in [0.4, 0.5) is 11.4 Å². The SMILES string of the molecule is O=C(CCc1cccs1)Nc1ccc(N2CCCCS2(=O)=O)c(Cl)c1. The third kappa shape index (κ3) is 4.54. The van der Waals surface area contributed by atoms with E-state index < -0.39 is 10.0 Å². The van der Waals surface area contributed by atoms with Crippen LogP contribution in [0.15, 0.2) is 35.7 Å². The molecule has 2 heterocycles. The van der Waals surface area contributed by atoms with Gasteiger partial charge in [-0.25, -0.2) is 8.42 Å². The fourth-order valence-corrected chi connectivity index (χ4v) is 5.46. The molecule has 3 rings (SSSR count). The number of benzene rings is 1. The van der Waals surface area contributed by atoms with E-state index in [1.54, 1.807) is 29.5 Å². The number of sulfonamides is 1. The summed E-state index contributed by atoms with van der Waals surface area (Å²) in [5.74, 6) is 0.0488. The predicted octanol–water partition coefficient (Wildman–Crippen LogP) is 3.90. The molecule has 2 aromatic rings. The molecule has 1 aromatic carbocycles. The maximum Gasteiger partial charge on any atom is 0.235 e. The first kappa shape index (κ1) is 18.2. The Bertz CT molecular complexity index is 851. The maximum absolute atomic E-state index is 12.2. The van der Waals surface area contributed by atoms with Crippen molar-refractivity contribution < 1.29 is 13.2 Å². The zero-order chi connectivity index (χ0) is 17.9. The highest BCUT2D eigenvalue weighted by Gasteiger charge is 2.27. The fourth-order valence-electron chi connectivity index (χ4n) is 2.76. The molecule has 1 aliphatic rings. The van der Waals surface area contributed by atoms with E-state index in [9.17, 15) is 13.2 Å². The summed E-state index contributed by atoms with van der Waals surface area (Å²) in [6.45, 7) is 0.439. The summed E-state index contributed by atoms with van der Waals surface area (Å²) in [5, 5.41) is 5.12. The van der Waals surface area contributed by atoms with Crippen LogP contribution < -0.4 is 9.62 Å². The van der Waals surface area contributed by atoms with Crippen LogP contribution in [-0.4, -0.2) is 26.6 Å². The lowest BCUT2D eigenvalue weighted by Gasteiger charge is -2.29. The van der Waals surface area contributed by atoms with Crippen molar-refractivity contribution in [2.45, 2.75) is 25.7 Å². The van der Waals surface area contributed by atoms with Crippen molar-refractivity contribution in [1.82, 2.24) is 0 Å². The van der Waals surface area contributed by atoms with Crippen molar-refractivity contribution in [2.24, 2.45) is 0 Å². The molecule has 0 bridgehead atoms. The Kier molecular flexibility index (Phi) is 5.66. The van der Waals surface area contributed by atoms with Crippen molar-refractivity contribution in [3.05, 3.63) is 45.6 Å². The van der Waals surface area contributed by atoms with Crippen molar-refractivity contribution >= 4 is 50.2 Å². The smallest absolute Gasteiger partial charge is 0.235 e. The average Bonchev–Trinajstić information content (AvgIpc) is 3.07. The molecular weight excluding hydrogens is 380 g/mol. The Morgan fingerprint density at radius 3 is 2.80 bits per heavy atom. The summed E-state index contributed by atoms with van der Waals surface area (Å²) in [4.78, 5) is 13.2. The van der Waals surface area contributed by atoms with E-state index in [4.69, 9.17) is 11.6 Å². The molecule has 1 amide bonds. The Morgan fingerprint density at radius 2 is 2.12 bits per heavy atom. The summed E-state index contributed by atoms with van der Waals surface area (Å²) in [6.07, 6.45) is 2.58. The van der Waals surface area contributed by atoms with Crippen LogP contribution in [0.5, 0.6) is 0 Å². The molecule has 1 fully saturated rings. The highest BCUT2D eigenvalue weighted by atomic mass is 35.5. The summed E-state index contributed by atoms with van der Waals surface area (Å²) >= 11 is 7.90. The van der Waals surface area contributed by atoms with Gasteiger partial charge in [-0.2, -0.15) is 0 Å². The molecule has 1 N–H and O–H groups in total. The molecule has 134 valence electrons. The monoisotopic (exact) mass is 398 g/mol. The van der Waals surface area contributed by atoms with Gasteiger partial charge in [0, 0.05) is 23.5 Å². The van der Waals surface area contributed by atoms with Gasteiger partial charge in [-0.15, -0.1) is 11.3 Å². The number of thiophene rings is 1. The van der Waals surface area contributed by atoms with E-state index in [0.29, 0.717) is 42.2 Å². The standard InChI is InChI=1S/C17H19ClN2O3S2/c18-15-12-13(19-17(21)8-6-14-4-3-10-24-14)5-7-16(15)20-9-1-2-11-25(20,22)23/h3-5,7,10,12H,1-2,6,8-9,11H2,(H,19,21). The van der Waals surface area contributed by atoms with Crippen molar-refractivity contribution in [2.75, 3.05) is 21.9 Å². The van der Waals surface area contributed by atoms with Gasteiger partial charge in [-0.05, 0) is 48.9 Å². The van der Waals surface area contributed by atoms with Gasteiger partial charge in [0.2, 0.25) is 15.9 Å². The number of anilines is 2. The number of hydrogen-bond donors (Lipinski definition) is 1. The van der Waals surface area contributed by atoms with Crippen LogP contribution in [0.1, 0.15) is 24.1 Å². The maximum atomic E-state index is 12.2. The predicted molar refractivity (Wildman–Crippen MR) is 103 cm³/mol. The molecule has 0 spiro atoms. The molecule has 0 radical (unpaired) electrons. The van der Waals surface area contributed by atoms with Gasteiger partial charge in [0.1, 0.15) is 0 Å². The number of carbonyl (C=O) groups is 1. The van der Waals surface area contributed by atoms with Crippen LogP contribution in [0.25, 0.3) is 0 Å². The zero-order valence-corrected chi connectivity index (χ0v) is 16.0. The van der Waals surface area contributed by atoms with Crippen LogP contribution >= 0.6 is 22.9 Å². The van der Waals surface area contributed by atoms with Gasteiger partial charge in [0.05, 0.1) is 16.5 Å².